The number of esters is 1. The number of carbonyl (C=O) groups is 1. The van der Waals surface area contributed by atoms with E-state index >= 15 is 0 Å². The molecule has 0 aliphatic heterocycles. The van der Waals surface area contributed by atoms with Crippen LogP contribution in [0.15, 0.2) is 24.3 Å². The van der Waals surface area contributed by atoms with Crippen LogP contribution in [-0.2, 0) is 6.88 Å². The maximum absolute atomic E-state index is 11.1. The van der Waals surface area contributed by atoms with Gasteiger partial charge in [0.2, 0.25) is 0 Å². The molecule has 0 radical (unpaired) electrons. The van der Waals surface area contributed by atoms with Gasteiger partial charge in [-0.3, -0.25) is 0 Å². The van der Waals surface area contributed by atoms with Gasteiger partial charge in [-0.1, -0.05) is 59.9 Å². The highest BCUT2D eigenvalue weighted by Crippen LogP contribution is 2.44. The van der Waals surface area contributed by atoms with Crippen molar-refractivity contribution in [3.05, 3.63) is 35.4 Å². The van der Waals surface area contributed by atoms with Gasteiger partial charge >= 0.3 is 5.97 Å². The summed E-state index contributed by atoms with van der Waals surface area (Å²) in [5.74, 6) is -0.333. The standard InChI is InChI=1S/C9H7Br3O2/c1-14-8(13)6-2-4-7(5-3-6)9(10,11)12/h2-5H,1H3. The molecule has 0 aliphatic carbocycles. The van der Waals surface area contributed by atoms with Gasteiger partial charge < -0.3 is 4.74 Å². The van der Waals surface area contributed by atoms with Gasteiger partial charge in [0.1, 0.15) is 0 Å². The van der Waals surface area contributed by atoms with Crippen molar-refractivity contribution in [2.45, 2.75) is 2.14 Å². The van der Waals surface area contributed by atoms with Crippen molar-refractivity contribution in [2.24, 2.45) is 0 Å². The van der Waals surface area contributed by atoms with Crippen molar-refractivity contribution in [1.29, 1.82) is 0 Å². The Kier molecular flexibility index (Phi) is 4.15. The first-order valence-electron chi connectivity index (χ1n) is 3.70. The van der Waals surface area contributed by atoms with Gasteiger partial charge in [-0.25, -0.2) is 4.79 Å². The van der Waals surface area contributed by atoms with E-state index in [0.717, 1.165) is 5.56 Å². The van der Waals surface area contributed by atoms with Gasteiger partial charge in [-0.15, -0.1) is 0 Å². The van der Waals surface area contributed by atoms with E-state index in [1.165, 1.54) is 7.11 Å². The Balaban J connectivity index is 2.95. The number of carbonyl (C=O) groups excluding carboxylic acids is 1. The number of ether oxygens (including phenoxy) is 1. The van der Waals surface area contributed by atoms with Crippen LogP contribution in [0.5, 0.6) is 0 Å². The molecule has 0 fully saturated rings. The van der Waals surface area contributed by atoms with Crippen molar-refractivity contribution >= 4 is 53.8 Å². The van der Waals surface area contributed by atoms with Gasteiger partial charge in [0.05, 0.1) is 12.7 Å². The van der Waals surface area contributed by atoms with E-state index in [-0.39, 0.29) is 5.97 Å². The minimum absolute atomic E-state index is 0.333. The summed E-state index contributed by atoms with van der Waals surface area (Å²) in [5, 5.41) is 0. The third kappa shape index (κ3) is 3.07. The molecule has 2 nitrogen and oxygen atoms in total. The molecule has 0 spiro atoms. The Morgan fingerprint density at radius 2 is 1.71 bits per heavy atom. The number of hydrogen-bond acceptors (Lipinski definition) is 2. The summed E-state index contributed by atoms with van der Waals surface area (Å²) in [6, 6.07) is 7.06. The van der Waals surface area contributed by atoms with Crippen LogP contribution >= 0.6 is 47.8 Å². The van der Waals surface area contributed by atoms with Crippen molar-refractivity contribution in [3.8, 4) is 0 Å². The number of methoxy groups -OCH3 is 1. The molecule has 1 aromatic rings. The van der Waals surface area contributed by atoms with Crippen LogP contribution in [-0.4, -0.2) is 13.1 Å². The molecule has 0 unspecified atom stereocenters. The second-order valence-corrected chi connectivity index (χ2v) is 9.33. The average molecular weight is 387 g/mol. The second-order valence-electron chi connectivity index (χ2n) is 2.57. The molecule has 5 heteroatoms. The molecule has 0 bridgehead atoms. The van der Waals surface area contributed by atoms with Crippen LogP contribution in [0.2, 0.25) is 0 Å². The largest absolute Gasteiger partial charge is 0.465 e. The van der Waals surface area contributed by atoms with Gasteiger partial charge in [-0.05, 0) is 17.7 Å². The highest BCUT2D eigenvalue weighted by atomic mass is 80.0. The average Bonchev–Trinajstić information content (AvgIpc) is 2.15. The van der Waals surface area contributed by atoms with Crippen LogP contribution in [0.1, 0.15) is 15.9 Å². The fourth-order valence-corrected chi connectivity index (χ4v) is 1.71. The van der Waals surface area contributed by atoms with E-state index in [9.17, 15) is 4.79 Å². The molecule has 0 saturated heterocycles. The SMILES string of the molecule is COC(=O)c1ccc(C(Br)(Br)Br)cc1. The Morgan fingerprint density at radius 1 is 1.21 bits per heavy atom. The van der Waals surface area contributed by atoms with Gasteiger partial charge in [0.15, 0.2) is 2.14 Å². The molecule has 0 saturated carbocycles. The lowest BCUT2D eigenvalue weighted by atomic mass is 10.1. The lowest BCUT2D eigenvalue weighted by Gasteiger charge is -2.12. The van der Waals surface area contributed by atoms with Crippen molar-refractivity contribution in [3.63, 3.8) is 0 Å². The quantitative estimate of drug-likeness (QED) is 0.542. The van der Waals surface area contributed by atoms with E-state index in [1.54, 1.807) is 12.1 Å². The van der Waals surface area contributed by atoms with E-state index < -0.39 is 2.14 Å². The third-order valence-electron chi connectivity index (χ3n) is 1.63. The summed E-state index contributed by atoms with van der Waals surface area (Å²) < 4.78 is 4.14. The molecule has 76 valence electrons. The number of benzene rings is 1. The van der Waals surface area contributed by atoms with Gasteiger partial charge in [-0.2, -0.15) is 0 Å². The zero-order chi connectivity index (χ0) is 10.8. The minimum Gasteiger partial charge on any atom is -0.465 e. The molecule has 0 atom stereocenters. The van der Waals surface area contributed by atoms with Gasteiger partial charge in [0, 0.05) is 0 Å². The maximum Gasteiger partial charge on any atom is 0.337 e. The lowest BCUT2D eigenvalue weighted by Crippen LogP contribution is -2.03. The molecule has 0 aliphatic rings. The zero-order valence-corrected chi connectivity index (χ0v) is 12.0. The Morgan fingerprint density at radius 3 is 2.07 bits per heavy atom. The first-order chi connectivity index (χ1) is 6.45. The molecular weight excluding hydrogens is 380 g/mol. The predicted molar refractivity (Wildman–Crippen MR) is 66.2 cm³/mol. The van der Waals surface area contributed by atoms with E-state index in [1.807, 2.05) is 12.1 Å². The zero-order valence-electron chi connectivity index (χ0n) is 7.26. The van der Waals surface area contributed by atoms with Crippen LogP contribution in [0.25, 0.3) is 0 Å². The number of hydrogen-bond donors (Lipinski definition) is 0. The fourth-order valence-electron chi connectivity index (χ4n) is 0.913. The third-order valence-corrected chi connectivity index (χ3v) is 3.01. The highest BCUT2D eigenvalue weighted by molar-refractivity contribution is 9.38. The van der Waals surface area contributed by atoms with Crippen molar-refractivity contribution in [2.75, 3.05) is 7.11 Å². The lowest BCUT2D eigenvalue weighted by molar-refractivity contribution is 0.0601. The summed E-state index contributed by atoms with van der Waals surface area (Å²) in [6.45, 7) is 0. The van der Waals surface area contributed by atoms with Crippen LogP contribution in [0, 0.1) is 0 Å². The normalized spacial score (nSPS) is 11.1. The summed E-state index contributed by atoms with van der Waals surface area (Å²) in [4.78, 5) is 11.1. The van der Waals surface area contributed by atoms with Crippen molar-refractivity contribution in [1.82, 2.24) is 0 Å². The maximum atomic E-state index is 11.1. The van der Waals surface area contributed by atoms with Crippen LogP contribution in [0.4, 0.5) is 0 Å². The first kappa shape index (κ1) is 12.2. The minimum atomic E-state index is -0.443. The topological polar surface area (TPSA) is 26.3 Å². The molecule has 0 N–H and O–H groups in total. The summed E-state index contributed by atoms with van der Waals surface area (Å²) in [5.41, 5.74) is 1.50. The summed E-state index contributed by atoms with van der Waals surface area (Å²) in [7, 11) is 1.36. The molecule has 14 heavy (non-hydrogen) atoms. The smallest absolute Gasteiger partial charge is 0.337 e. The van der Waals surface area contributed by atoms with Crippen LogP contribution in [0.3, 0.4) is 0 Å². The number of halogens is 3. The molecular formula is C9H7Br3O2. The highest BCUT2D eigenvalue weighted by Gasteiger charge is 2.20. The van der Waals surface area contributed by atoms with E-state index in [4.69, 9.17) is 0 Å². The predicted octanol–water partition coefficient (Wildman–Crippen LogP) is 3.77. The number of alkyl halides is 3. The summed E-state index contributed by atoms with van der Waals surface area (Å²) >= 11 is 10.1. The Hall–Kier alpha value is 0.130. The second kappa shape index (κ2) is 4.77. The molecule has 0 amide bonds. The monoisotopic (exact) mass is 384 g/mol. The van der Waals surface area contributed by atoms with Crippen molar-refractivity contribution < 1.29 is 9.53 Å². The Bertz CT molecular complexity index is 327. The molecule has 1 rings (SSSR count). The number of rotatable bonds is 1. The molecule has 0 heterocycles. The van der Waals surface area contributed by atoms with E-state index in [0.29, 0.717) is 5.56 Å². The van der Waals surface area contributed by atoms with Gasteiger partial charge in [0.25, 0.3) is 0 Å². The fraction of sp³-hybridized carbons (Fsp3) is 0.222. The molecule has 1 aromatic carbocycles. The van der Waals surface area contributed by atoms with E-state index in [2.05, 4.69) is 52.5 Å². The summed E-state index contributed by atoms with van der Waals surface area (Å²) in [6.07, 6.45) is 0. The molecule has 0 aromatic heterocycles. The Labute approximate surface area is 107 Å². The first-order valence-corrected chi connectivity index (χ1v) is 6.08. The van der Waals surface area contributed by atoms with Crippen LogP contribution < -0.4 is 0 Å².